The maximum atomic E-state index is 12.7. The highest BCUT2D eigenvalue weighted by Crippen LogP contribution is 2.12. The molecule has 0 saturated heterocycles. The molecule has 0 aliphatic heterocycles. The quantitative estimate of drug-likeness (QED) is 0.798. The smallest absolute Gasteiger partial charge is 0.221 e. The first kappa shape index (κ1) is 12.6. The molecule has 1 unspecified atom stereocenters. The minimum absolute atomic E-state index is 0.00817. The largest absolute Gasteiger partial charge is 0.350 e. The number of halogens is 1. The van der Waals surface area contributed by atoms with Crippen LogP contribution in [-0.4, -0.2) is 19.5 Å². The van der Waals surface area contributed by atoms with E-state index in [2.05, 4.69) is 10.6 Å². The second kappa shape index (κ2) is 6.23. The summed E-state index contributed by atoms with van der Waals surface area (Å²) in [6.07, 6.45) is 0.446. The molecule has 16 heavy (non-hydrogen) atoms. The van der Waals surface area contributed by atoms with Crippen LogP contribution in [0, 0.1) is 5.82 Å². The molecule has 1 aromatic rings. The Morgan fingerprint density at radius 3 is 2.56 bits per heavy atom. The Morgan fingerprint density at radius 2 is 2.00 bits per heavy atom. The Morgan fingerprint density at radius 1 is 1.38 bits per heavy atom. The second-order valence-corrected chi connectivity index (χ2v) is 3.69. The minimum atomic E-state index is -0.266. The van der Waals surface area contributed by atoms with Crippen molar-refractivity contribution in [1.29, 1.82) is 0 Å². The summed E-state index contributed by atoms with van der Waals surface area (Å²) in [5, 5.41) is 5.76. The third-order valence-corrected chi connectivity index (χ3v) is 2.35. The highest BCUT2D eigenvalue weighted by atomic mass is 19.1. The van der Waals surface area contributed by atoms with E-state index in [0.717, 1.165) is 5.56 Å². The lowest BCUT2D eigenvalue weighted by atomic mass is 10.1. The van der Waals surface area contributed by atoms with Gasteiger partial charge in [0.15, 0.2) is 0 Å². The molecule has 1 atom stereocenters. The molecule has 1 aromatic carbocycles. The first-order chi connectivity index (χ1) is 7.63. The van der Waals surface area contributed by atoms with Gasteiger partial charge in [0.25, 0.3) is 0 Å². The predicted molar refractivity (Wildman–Crippen MR) is 61.5 cm³/mol. The molecular weight excluding hydrogens is 207 g/mol. The summed E-state index contributed by atoms with van der Waals surface area (Å²) in [4.78, 5) is 11.4. The summed E-state index contributed by atoms with van der Waals surface area (Å²) in [5.41, 5.74) is 0.902. The summed E-state index contributed by atoms with van der Waals surface area (Å²) in [6, 6.07) is 6.05. The van der Waals surface area contributed by atoms with E-state index in [1.807, 2.05) is 6.92 Å². The van der Waals surface area contributed by atoms with Crippen LogP contribution in [-0.2, 0) is 4.79 Å². The van der Waals surface area contributed by atoms with E-state index in [-0.39, 0.29) is 17.8 Å². The number of benzene rings is 1. The molecule has 0 aliphatic carbocycles. The number of nitrogens with one attached hydrogen (secondary N) is 2. The van der Waals surface area contributed by atoms with Gasteiger partial charge in [-0.05, 0) is 31.7 Å². The fraction of sp³-hybridized carbons (Fsp3) is 0.417. The van der Waals surface area contributed by atoms with E-state index in [9.17, 15) is 9.18 Å². The van der Waals surface area contributed by atoms with Crippen LogP contribution < -0.4 is 10.6 Å². The zero-order valence-corrected chi connectivity index (χ0v) is 9.59. The fourth-order valence-electron chi connectivity index (χ4n) is 1.39. The fourth-order valence-corrected chi connectivity index (χ4v) is 1.39. The standard InChI is InChI=1S/C12H17FN2O/c1-9(15-12(16)7-8-14-2)10-3-5-11(13)6-4-10/h3-6,9,14H,7-8H2,1-2H3,(H,15,16). The molecular formula is C12H17FN2O. The Balaban J connectivity index is 2.48. The minimum Gasteiger partial charge on any atom is -0.350 e. The summed E-state index contributed by atoms with van der Waals surface area (Å²) in [5.74, 6) is -0.274. The molecule has 1 amide bonds. The van der Waals surface area contributed by atoms with Crippen molar-refractivity contribution in [3.63, 3.8) is 0 Å². The van der Waals surface area contributed by atoms with E-state index < -0.39 is 0 Å². The molecule has 1 rings (SSSR count). The van der Waals surface area contributed by atoms with E-state index >= 15 is 0 Å². The number of rotatable bonds is 5. The number of hydrogen-bond acceptors (Lipinski definition) is 2. The van der Waals surface area contributed by atoms with Crippen molar-refractivity contribution in [3.05, 3.63) is 35.6 Å². The molecule has 3 nitrogen and oxygen atoms in total. The predicted octanol–water partition coefficient (Wildman–Crippen LogP) is 1.61. The maximum Gasteiger partial charge on any atom is 0.221 e. The zero-order valence-electron chi connectivity index (χ0n) is 9.59. The van der Waals surface area contributed by atoms with Crippen molar-refractivity contribution < 1.29 is 9.18 Å². The van der Waals surface area contributed by atoms with Crippen LogP contribution in [0.1, 0.15) is 24.9 Å². The van der Waals surface area contributed by atoms with Crippen molar-refractivity contribution >= 4 is 5.91 Å². The Bertz CT molecular complexity index is 337. The van der Waals surface area contributed by atoms with Gasteiger partial charge in [-0.1, -0.05) is 12.1 Å². The number of amides is 1. The van der Waals surface area contributed by atoms with Crippen LogP contribution in [0.2, 0.25) is 0 Å². The lowest BCUT2D eigenvalue weighted by Gasteiger charge is -2.14. The topological polar surface area (TPSA) is 41.1 Å². The molecule has 0 aliphatic rings. The SMILES string of the molecule is CNCCC(=O)NC(C)c1ccc(F)cc1. The molecule has 4 heteroatoms. The van der Waals surface area contributed by atoms with Gasteiger partial charge in [-0.15, -0.1) is 0 Å². The van der Waals surface area contributed by atoms with Gasteiger partial charge in [0.05, 0.1) is 6.04 Å². The van der Waals surface area contributed by atoms with Crippen LogP contribution in [0.4, 0.5) is 4.39 Å². The Kier molecular flexibility index (Phi) is 4.92. The van der Waals surface area contributed by atoms with Crippen LogP contribution >= 0.6 is 0 Å². The third kappa shape index (κ3) is 3.98. The molecule has 0 radical (unpaired) electrons. The van der Waals surface area contributed by atoms with E-state index in [1.54, 1.807) is 19.2 Å². The second-order valence-electron chi connectivity index (χ2n) is 3.69. The average molecular weight is 224 g/mol. The van der Waals surface area contributed by atoms with Crippen LogP contribution in [0.3, 0.4) is 0 Å². The van der Waals surface area contributed by atoms with Crippen molar-refractivity contribution in [3.8, 4) is 0 Å². The van der Waals surface area contributed by atoms with E-state index in [0.29, 0.717) is 13.0 Å². The lowest BCUT2D eigenvalue weighted by molar-refractivity contribution is -0.121. The van der Waals surface area contributed by atoms with E-state index in [4.69, 9.17) is 0 Å². The number of hydrogen-bond donors (Lipinski definition) is 2. The average Bonchev–Trinajstić information content (AvgIpc) is 2.27. The summed E-state index contributed by atoms with van der Waals surface area (Å²) in [6.45, 7) is 2.53. The lowest BCUT2D eigenvalue weighted by Crippen LogP contribution is -2.29. The van der Waals surface area contributed by atoms with Crippen LogP contribution in [0.5, 0.6) is 0 Å². The van der Waals surface area contributed by atoms with Gasteiger partial charge in [0.2, 0.25) is 5.91 Å². The number of carbonyl (C=O) groups excluding carboxylic acids is 1. The first-order valence-electron chi connectivity index (χ1n) is 5.33. The van der Waals surface area contributed by atoms with Gasteiger partial charge in [0, 0.05) is 13.0 Å². The zero-order chi connectivity index (χ0) is 12.0. The van der Waals surface area contributed by atoms with Gasteiger partial charge >= 0.3 is 0 Å². The number of carbonyl (C=O) groups is 1. The summed E-state index contributed by atoms with van der Waals surface area (Å²) < 4.78 is 12.7. The van der Waals surface area contributed by atoms with Gasteiger partial charge in [0.1, 0.15) is 5.82 Å². The molecule has 88 valence electrons. The molecule has 0 fully saturated rings. The summed E-state index contributed by atoms with van der Waals surface area (Å²) >= 11 is 0. The normalized spacial score (nSPS) is 12.2. The van der Waals surface area contributed by atoms with Crippen molar-refractivity contribution in [2.45, 2.75) is 19.4 Å². The van der Waals surface area contributed by atoms with E-state index in [1.165, 1.54) is 12.1 Å². The summed E-state index contributed by atoms with van der Waals surface area (Å²) in [7, 11) is 1.80. The van der Waals surface area contributed by atoms with Crippen LogP contribution in [0.15, 0.2) is 24.3 Å². The molecule has 0 spiro atoms. The molecule has 2 N–H and O–H groups in total. The maximum absolute atomic E-state index is 12.7. The molecule has 0 saturated carbocycles. The Hall–Kier alpha value is -1.42. The van der Waals surface area contributed by atoms with Crippen LogP contribution in [0.25, 0.3) is 0 Å². The van der Waals surface area contributed by atoms with Crippen molar-refractivity contribution in [1.82, 2.24) is 10.6 Å². The van der Waals surface area contributed by atoms with Gasteiger partial charge in [-0.2, -0.15) is 0 Å². The van der Waals surface area contributed by atoms with Crippen molar-refractivity contribution in [2.24, 2.45) is 0 Å². The third-order valence-electron chi connectivity index (χ3n) is 2.35. The molecule has 0 heterocycles. The highest BCUT2D eigenvalue weighted by molar-refractivity contribution is 5.76. The van der Waals surface area contributed by atoms with Gasteiger partial charge < -0.3 is 10.6 Å². The Labute approximate surface area is 95.0 Å². The molecule has 0 aromatic heterocycles. The van der Waals surface area contributed by atoms with Gasteiger partial charge in [-0.3, -0.25) is 4.79 Å². The first-order valence-corrected chi connectivity index (χ1v) is 5.33. The molecule has 0 bridgehead atoms. The monoisotopic (exact) mass is 224 g/mol. The van der Waals surface area contributed by atoms with Crippen molar-refractivity contribution in [2.75, 3.05) is 13.6 Å². The highest BCUT2D eigenvalue weighted by Gasteiger charge is 2.08. The van der Waals surface area contributed by atoms with Gasteiger partial charge in [-0.25, -0.2) is 4.39 Å².